The van der Waals surface area contributed by atoms with Crippen LogP contribution in [0.5, 0.6) is 0 Å². The number of hydrogen-bond acceptors (Lipinski definition) is 4. The minimum absolute atomic E-state index is 0. The molecule has 1 aromatic heterocycles. The number of aromatic nitrogens is 1. The summed E-state index contributed by atoms with van der Waals surface area (Å²) in [6.45, 7) is 1.59. The SMILES string of the molecule is Cl.Cl.OB(O)C1CCN(c2ccncc2)C1. The molecule has 1 aliphatic rings. The molecule has 1 aliphatic heterocycles. The molecule has 16 heavy (non-hydrogen) atoms. The zero-order valence-electron chi connectivity index (χ0n) is 8.69. The van der Waals surface area contributed by atoms with E-state index in [0.717, 1.165) is 18.7 Å². The van der Waals surface area contributed by atoms with Gasteiger partial charge in [-0.1, -0.05) is 0 Å². The molecule has 2 heterocycles. The minimum atomic E-state index is -1.19. The van der Waals surface area contributed by atoms with Crippen molar-refractivity contribution in [1.29, 1.82) is 0 Å². The third-order valence-electron chi connectivity index (χ3n) is 2.67. The van der Waals surface area contributed by atoms with Gasteiger partial charge in [0.05, 0.1) is 0 Å². The molecule has 0 aliphatic carbocycles. The maximum Gasteiger partial charge on any atom is 0.456 e. The summed E-state index contributed by atoms with van der Waals surface area (Å²) in [6, 6.07) is 3.87. The van der Waals surface area contributed by atoms with E-state index in [0.29, 0.717) is 6.54 Å². The monoisotopic (exact) mass is 264 g/mol. The molecule has 7 heteroatoms. The molecule has 0 saturated carbocycles. The first kappa shape index (κ1) is 15.5. The summed E-state index contributed by atoms with van der Waals surface area (Å²) in [5.74, 6) is -0.0248. The van der Waals surface area contributed by atoms with Crippen molar-refractivity contribution < 1.29 is 10.0 Å². The Balaban J connectivity index is 0.00000112. The zero-order valence-corrected chi connectivity index (χ0v) is 10.3. The largest absolute Gasteiger partial charge is 0.456 e. The Kier molecular flexibility index (Phi) is 6.75. The molecular formula is C9H15BCl2N2O2. The lowest BCUT2D eigenvalue weighted by atomic mass is 9.72. The molecule has 0 bridgehead atoms. The Labute approximate surface area is 108 Å². The zero-order chi connectivity index (χ0) is 9.97. The van der Waals surface area contributed by atoms with Gasteiger partial charge in [0, 0.05) is 37.0 Å². The first-order chi connectivity index (χ1) is 6.77. The Bertz CT molecular complexity index is 303. The van der Waals surface area contributed by atoms with E-state index in [2.05, 4.69) is 9.88 Å². The first-order valence-corrected chi connectivity index (χ1v) is 4.78. The van der Waals surface area contributed by atoms with Gasteiger partial charge in [-0.3, -0.25) is 4.98 Å². The van der Waals surface area contributed by atoms with Gasteiger partial charge in [0.1, 0.15) is 0 Å². The summed E-state index contributed by atoms with van der Waals surface area (Å²) in [7, 11) is -1.19. The van der Waals surface area contributed by atoms with Crippen LogP contribution < -0.4 is 4.90 Å². The van der Waals surface area contributed by atoms with Crippen LogP contribution in [0.1, 0.15) is 6.42 Å². The highest BCUT2D eigenvalue weighted by atomic mass is 35.5. The highest BCUT2D eigenvalue weighted by Gasteiger charge is 2.31. The summed E-state index contributed by atoms with van der Waals surface area (Å²) < 4.78 is 0. The minimum Gasteiger partial charge on any atom is -0.427 e. The second-order valence-electron chi connectivity index (χ2n) is 3.61. The number of halogens is 2. The molecule has 1 atom stereocenters. The average Bonchev–Trinajstić information content (AvgIpc) is 2.68. The van der Waals surface area contributed by atoms with E-state index in [9.17, 15) is 0 Å². The van der Waals surface area contributed by atoms with Crippen LogP contribution >= 0.6 is 24.8 Å². The van der Waals surface area contributed by atoms with Gasteiger partial charge in [-0.25, -0.2) is 0 Å². The third kappa shape index (κ3) is 3.52. The lowest BCUT2D eigenvalue weighted by Gasteiger charge is -2.17. The molecule has 1 fully saturated rings. The fraction of sp³-hybridized carbons (Fsp3) is 0.444. The van der Waals surface area contributed by atoms with E-state index in [1.54, 1.807) is 12.4 Å². The number of nitrogens with zero attached hydrogens (tertiary/aromatic N) is 2. The molecular weight excluding hydrogens is 250 g/mol. The van der Waals surface area contributed by atoms with Crippen LogP contribution in [-0.4, -0.2) is 35.2 Å². The van der Waals surface area contributed by atoms with E-state index in [4.69, 9.17) is 10.0 Å². The van der Waals surface area contributed by atoms with Gasteiger partial charge in [-0.2, -0.15) is 0 Å². The van der Waals surface area contributed by atoms with Crippen LogP contribution in [0.2, 0.25) is 5.82 Å². The topological polar surface area (TPSA) is 56.6 Å². The van der Waals surface area contributed by atoms with Crippen LogP contribution in [0.3, 0.4) is 0 Å². The molecule has 2 rings (SSSR count). The second-order valence-corrected chi connectivity index (χ2v) is 3.61. The summed E-state index contributed by atoms with van der Waals surface area (Å²) in [6.07, 6.45) is 4.33. The van der Waals surface area contributed by atoms with Gasteiger partial charge in [0.2, 0.25) is 0 Å². The van der Waals surface area contributed by atoms with Crippen molar-refractivity contribution in [2.45, 2.75) is 12.2 Å². The highest BCUT2D eigenvalue weighted by Crippen LogP contribution is 2.27. The summed E-state index contributed by atoms with van der Waals surface area (Å²) in [5.41, 5.74) is 1.10. The van der Waals surface area contributed by atoms with Crippen LogP contribution in [0, 0.1) is 0 Å². The molecule has 1 aromatic rings. The second kappa shape index (κ2) is 6.96. The van der Waals surface area contributed by atoms with Crippen LogP contribution in [0.25, 0.3) is 0 Å². The number of anilines is 1. The van der Waals surface area contributed by atoms with Gasteiger partial charge >= 0.3 is 7.12 Å². The molecule has 4 nitrogen and oxygen atoms in total. The summed E-state index contributed by atoms with van der Waals surface area (Å²) in [4.78, 5) is 6.09. The lowest BCUT2D eigenvalue weighted by molar-refractivity contribution is 0.388. The summed E-state index contributed by atoms with van der Waals surface area (Å²) in [5, 5.41) is 18.1. The van der Waals surface area contributed by atoms with E-state index in [1.165, 1.54) is 0 Å². The van der Waals surface area contributed by atoms with Crippen molar-refractivity contribution in [2.75, 3.05) is 18.0 Å². The Morgan fingerprint density at radius 1 is 1.25 bits per heavy atom. The standard InChI is InChI=1S/C9H13BN2O2.2ClH/c13-10(14)8-3-6-12(7-8)9-1-4-11-5-2-9;;/h1-2,4-5,8,13-14H,3,6-7H2;2*1H. The fourth-order valence-electron chi connectivity index (χ4n) is 1.82. The Morgan fingerprint density at radius 3 is 2.38 bits per heavy atom. The molecule has 0 radical (unpaired) electrons. The van der Waals surface area contributed by atoms with Crippen molar-refractivity contribution in [2.24, 2.45) is 0 Å². The highest BCUT2D eigenvalue weighted by molar-refractivity contribution is 6.43. The lowest BCUT2D eigenvalue weighted by Crippen LogP contribution is -2.25. The van der Waals surface area contributed by atoms with E-state index in [1.807, 2.05) is 12.1 Å². The number of pyridine rings is 1. The molecule has 1 saturated heterocycles. The van der Waals surface area contributed by atoms with Crippen molar-refractivity contribution >= 4 is 37.6 Å². The Hall–Kier alpha value is -0.485. The predicted octanol–water partition coefficient (Wildman–Crippen LogP) is 0.978. The molecule has 0 aromatic carbocycles. The van der Waals surface area contributed by atoms with Crippen molar-refractivity contribution in [1.82, 2.24) is 4.98 Å². The van der Waals surface area contributed by atoms with Crippen LogP contribution in [0.4, 0.5) is 5.69 Å². The van der Waals surface area contributed by atoms with Gasteiger partial charge in [-0.05, 0) is 18.6 Å². The normalized spacial score (nSPS) is 18.6. The van der Waals surface area contributed by atoms with Gasteiger partial charge in [0.15, 0.2) is 0 Å². The van der Waals surface area contributed by atoms with Gasteiger partial charge in [0.25, 0.3) is 0 Å². The van der Waals surface area contributed by atoms with E-state index < -0.39 is 7.12 Å². The van der Waals surface area contributed by atoms with Crippen molar-refractivity contribution in [3.63, 3.8) is 0 Å². The molecule has 0 spiro atoms. The van der Waals surface area contributed by atoms with Crippen LogP contribution in [0.15, 0.2) is 24.5 Å². The molecule has 2 N–H and O–H groups in total. The van der Waals surface area contributed by atoms with Crippen molar-refractivity contribution in [3.05, 3.63) is 24.5 Å². The Morgan fingerprint density at radius 2 is 1.88 bits per heavy atom. The first-order valence-electron chi connectivity index (χ1n) is 4.78. The predicted molar refractivity (Wildman–Crippen MR) is 69.5 cm³/mol. The van der Waals surface area contributed by atoms with Crippen LogP contribution in [-0.2, 0) is 0 Å². The van der Waals surface area contributed by atoms with Gasteiger partial charge < -0.3 is 14.9 Å². The maximum atomic E-state index is 9.03. The summed E-state index contributed by atoms with van der Waals surface area (Å²) >= 11 is 0. The third-order valence-corrected chi connectivity index (χ3v) is 2.67. The average molecular weight is 265 g/mol. The molecule has 90 valence electrons. The fourth-order valence-corrected chi connectivity index (χ4v) is 1.82. The molecule has 0 amide bonds. The van der Waals surface area contributed by atoms with Gasteiger partial charge in [-0.15, -0.1) is 24.8 Å². The quantitative estimate of drug-likeness (QED) is 0.782. The van der Waals surface area contributed by atoms with E-state index in [-0.39, 0.29) is 30.6 Å². The molecule has 1 unspecified atom stereocenters. The van der Waals surface area contributed by atoms with Crippen molar-refractivity contribution in [3.8, 4) is 0 Å². The van der Waals surface area contributed by atoms with E-state index >= 15 is 0 Å². The number of rotatable bonds is 2. The maximum absolute atomic E-state index is 9.03. The number of hydrogen-bond donors (Lipinski definition) is 2. The smallest absolute Gasteiger partial charge is 0.427 e.